The van der Waals surface area contributed by atoms with Gasteiger partial charge in [-0.1, -0.05) is 42.5 Å². The van der Waals surface area contributed by atoms with Crippen LogP contribution in [0.2, 0.25) is 10.0 Å². The Morgan fingerprint density at radius 1 is 1.24 bits per heavy atom. The van der Waals surface area contributed by atoms with Gasteiger partial charge < -0.3 is 4.74 Å². The molecule has 0 bridgehead atoms. The minimum Gasteiger partial charge on any atom is -0.462 e. The molecule has 0 aromatic heterocycles. The van der Waals surface area contributed by atoms with Crippen molar-refractivity contribution in [1.29, 1.82) is 0 Å². The second-order valence-corrected chi connectivity index (χ2v) is 8.27. The van der Waals surface area contributed by atoms with E-state index in [1.165, 1.54) is 12.5 Å². The van der Waals surface area contributed by atoms with Crippen LogP contribution in [0.4, 0.5) is 0 Å². The molecule has 116 valence electrons. The molecular weight excluding hydrogens is 359 g/mol. The van der Waals surface area contributed by atoms with Gasteiger partial charge in [-0.3, -0.25) is 0 Å². The molecule has 21 heavy (non-hydrogen) atoms. The molecule has 1 aromatic carbocycles. The van der Waals surface area contributed by atoms with Gasteiger partial charge >= 0.3 is 5.97 Å². The number of halogens is 3. The Hall–Kier alpha value is -0.490. The predicted octanol–water partition coefficient (Wildman–Crippen LogP) is 4.27. The highest BCUT2D eigenvalue weighted by atomic mass is 35.7. The van der Waals surface area contributed by atoms with Crippen LogP contribution < -0.4 is 0 Å². The highest BCUT2D eigenvalue weighted by Crippen LogP contribution is 2.32. The van der Waals surface area contributed by atoms with Gasteiger partial charge in [0.2, 0.25) is 0 Å². The van der Waals surface area contributed by atoms with Crippen molar-refractivity contribution in [2.75, 3.05) is 6.61 Å². The van der Waals surface area contributed by atoms with E-state index in [1.54, 1.807) is 0 Å². The van der Waals surface area contributed by atoms with Crippen LogP contribution >= 0.6 is 33.9 Å². The molecular formula is C13H13Cl3O4S. The molecule has 2 rings (SSSR count). The highest BCUT2D eigenvalue weighted by molar-refractivity contribution is 8.13. The van der Waals surface area contributed by atoms with E-state index < -0.39 is 15.0 Å². The standard InChI is InChI=1S/C13H13Cl3O4S/c14-10-7-11(15)12(21(16,18)19)6-9(10)13(17)20-5-4-8-2-1-3-8/h6-8H,1-5H2. The molecule has 8 heteroatoms. The first kappa shape index (κ1) is 16.9. The second-order valence-electron chi connectivity index (χ2n) is 4.92. The van der Waals surface area contributed by atoms with E-state index >= 15 is 0 Å². The minimum atomic E-state index is -4.06. The number of hydrogen-bond donors (Lipinski definition) is 0. The Morgan fingerprint density at radius 3 is 2.43 bits per heavy atom. The molecule has 0 N–H and O–H groups in total. The van der Waals surface area contributed by atoms with Crippen LogP contribution in [0.5, 0.6) is 0 Å². The molecule has 1 aliphatic rings. The monoisotopic (exact) mass is 370 g/mol. The number of rotatable bonds is 5. The van der Waals surface area contributed by atoms with Crippen molar-refractivity contribution in [3.63, 3.8) is 0 Å². The lowest BCUT2D eigenvalue weighted by atomic mass is 9.83. The lowest BCUT2D eigenvalue weighted by Gasteiger charge is -2.24. The lowest BCUT2D eigenvalue weighted by molar-refractivity contribution is 0.0464. The summed E-state index contributed by atoms with van der Waals surface area (Å²) in [5.74, 6) is -0.0742. The van der Waals surface area contributed by atoms with Crippen molar-refractivity contribution in [2.45, 2.75) is 30.6 Å². The minimum absolute atomic E-state index is 0.0257. The van der Waals surface area contributed by atoms with E-state index in [4.69, 9.17) is 38.6 Å². The number of hydrogen-bond acceptors (Lipinski definition) is 4. The SMILES string of the molecule is O=C(OCCC1CCC1)c1cc(S(=O)(=O)Cl)c(Cl)cc1Cl. The zero-order valence-corrected chi connectivity index (χ0v) is 14.0. The van der Waals surface area contributed by atoms with Gasteiger partial charge in [0.25, 0.3) is 9.05 Å². The average molecular weight is 372 g/mol. The maximum atomic E-state index is 12.0. The molecule has 0 heterocycles. The fourth-order valence-electron chi connectivity index (χ4n) is 2.05. The topological polar surface area (TPSA) is 60.4 Å². The van der Waals surface area contributed by atoms with Crippen LogP contribution in [-0.4, -0.2) is 21.0 Å². The summed E-state index contributed by atoms with van der Waals surface area (Å²) in [6.07, 6.45) is 4.35. The van der Waals surface area contributed by atoms with Crippen molar-refractivity contribution in [2.24, 2.45) is 5.92 Å². The van der Waals surface area contributed by atoms with E-state index in [2.05, 4.69) is 0 Å². The summed E-state index contributed by atoms with van der Waals surface area (Å²) >= 11 is 11.7. The summed E-state index contributed by atoms with van der Waals surface area (Å²) in [5, 5.41) is -0.112. The predicted molar refractivity (Wildman–Crippen MR) is 81.7 cm³/mol. The van der Waals surface area contributed by atoms with Crippen LogP contribution in [0.3, 0.4) is 0 Å². The Balaban J connectivity index is 2.12. The maximum absolute atomic E-state index is 12.0. The van der Waals surface area contributed by atoms with E-state index in [0.717, 1.165) is 25.3 Å². The number of esters is 1. The van der Waals surface area contributed by atoms with Gasteiger partial charge in [0.1, 0.15) is 4.90 Å². The van der Waals surface area contributed by atoms with Crippen LogP contribution in [0, 0.1) is 5.92 Å². The molecule has 4 nitrogen and oxygen atoms in total. The summed E-state index contributed by atoms with van der Waals surface area (Å²) in [6, 6.07) is 2.21. The van der Waals surface area contributed by atoms with Crippen molar-refractivity contribution >= 4 is 48.9 Å². The smallest absolute Gasteiger partial charge is 0.339 e. The molecule has 1 saturated carbocycles. The van der Waals surface area contributed by atoms with Gasteiger partial charge in [-0.25, -0.2) is 13.2 Å². The molecule has 0 radical (unpaired) electrons. The zero-order chi connectivity index (χ0) is 15.6. The Labute approximate surface area is 137 Å². The molecule has 0 atom stereocenters. The molecule has 0 aliphatic heterocycles. The molecule has 0 spiro atoms. The fourth-order valence-corrected chi connectivity index (χ4v) is 3.87. The molecule has 0 saturated heterocycles. The molecule has 0 unspecified atom stereocenters. The van der Waals surface area contributed by atoms with Crippen LogP contribution in [0.1, 0.15) is 36.0 Å². The third-order valence-corrected chi connectivity index (χ3v) is 5.59. The first-order chi connectivity index (χ1) is 9.79. The summed E-state index contributed by atoms with van der Waals surface area (Å²) < 4.78 is 27.9. The average Bonchev–Trinajstić information content (AvgIpc) is 2.30. The van der Waals surface area contributed by atoms with Crippen LogP contribution in [-0.2, 0) is 13.8 Å². The third-order valence-electron chi connectivity index (χ3n) is 3.49. The van der Waals surface area contributed by atoms with E-state index in [9.17, 15) is 13.2 Å². The summed E-state index contributed by atoms with van der Waals surface area (Å²) in [5.41, 5.74) is -0.0612. The van der Waals surface area contributed by atoms with Gasteiger partial charge in [-0.15, -0.1) is 0 Å². The Bertz CT molecular complexity index is 654. The second kappa shape index (κ2) is 6.73. The van der Waals surface area contributed by atoms with E-state index in [-0.39, 0.29) is 27.1 Å². The lowest BCUT2D eigenvalue weighted by Crippen LogP contribution is -2.16. The highest BCUT2D eigenvalue weighted by Gasteiger charge is 2.22. The fraction of sp³-hybridized carbons (Fsp3) is 0.462. The van der Waals surface area contributed by atoms with Crippen molar-refractivity contribution in [3.8, 4) is 0 Å². The van der Waals surface area contributed by atoms with E-state index in [1.807, 2.05) is 0 Å². The first-order valence-electron chi connectivity index (χ1n) is 6.40. The number of carbonyl (C=O) groups is 1. The summed E-state index contributed by atoms with van der Waals surface area (Å²) in [7, 11) is 1.20. The van der Waals surface area contributed by atoms with Crippen molar-refractivity contribution < 1.29 is 17.9 Å². The Kier molecular flexibility index (Phi) is 5.41. The van der Waals surface area contributed by atoms with Gasteiger partial charge in [0, 0.05) is 10.7 Å². The first-order valence-corrected chi connectivity index (χ1v) is 9.46. The van der Waals surface area contributed by atoms with Crippen LogP contribution in [0.25, 0.3) is 0 Å². The van der Waals surface area contributed by atoms with Crippen LogP contribution in [0.15, 0.2) is 17.0 Å². The summed E-state index contributed by atoms with van der Waals surface area (Å²) in [4.78, 5) is 11.6. The number of carbonyl (C=O) groups excluding carboxylic acids is 1. The van der Waals surface area contributed by atoms with Crippen molar-refractivity contribution in [3.05, 3.63) is 27.7 Å². The van der Waals surface area contributed by atoms with Gasteiger partial charge in [0.15, 0.2) is 0 Å². The molecule has 1 aromatic rings. The van der Waals surface area contributed by atoms with Gasteiger partial charge in [-0.05, 0) is 24.5 Å². The number of ether oxygens (including phenoxy) is 1. The molecule has 1 aliphatic carbocycles. The van der Waals surface area contributed by atoms with Gasteiger partial charge in [-0.2, -0.15) is 0 Å². The number of benzene rings is 1. The summed E-state index contributed by atoms with van der Waals surface area (Å²) in [6.45, 7) is 0.283. The van der Waals surface area contributed by atoms with Gasteiger partial charge in [0.05, 0.1) is 22.2 Å². The maximum Gasteiger partial charge on any atom is 0.339 e. The van der Waals surface area contributed by atoms with E-state index in [0.29, 0.717) is 5.92 Å². The third kappa shape index (κ3) is 4.25. The normalized spacial score (nSPS) is 15.6. The van der Waals surface area contributed by atoms with Crippen molar-refractivity contribution in [1.82, 2.24) is 0 Å². The molecule has 1 fully saturated rings. The quantitative estimate of drug-likeness (QED) is 0.573. The zero-order valence-electron chi connectivity index (χ0n) is 10.9. The molecule has 0 amide bonds. The Morgan fingerprint density at radius 2 is 1.90 bits per heavy atom. The largest absolute Gasteiger partial charge is 0.462 e.